The van der Waals surface area contributed by atoms with Crippen molar-refractivity contribution in [3.63, 3.8) is 0 Å². The molecule has 1 aliphatic carbocycles. The number of hydrogen-bond acceptors (Lipinski definition) is 3. The van der Waals surface area contributed by atoms with Crippen LogP contribution in [0.15, 0.2) is 12.1 Å². The van der Waals surface area contributed by atoms with Crippen molar-refractivity contribution in [3.05, 3.63) is 21.9 Å². The summed E-state index contributed by atoms with van der Waals surface area (Å²) >= 11 is 1.77. The van der Waals surface area contributed by atoms with Crippen LogP contribution in [0.1, 0.15) is 48.3 Å². The zero-order valence-corrected chi connectivity index (χ0v) is 12.6. The Balaban J connectivity index is 1.73. The summed E-state index contributed by atoms with van der Waals surface area (Å²) in [7, 11) is 0. The Morgan fingerprint density at radius 2 is 2.15 bits per heavy atom. The minimum atomic E-state index is -0.834. The standard InChI is InChI=1S/C15H21NO3S/c1-11-6-7-12(20-11)4-2-5-13(17)16-15(8-3-9-15)10-14(18)19/h6-7H,2-5,8-10H2,1H3,(H,16,17)(H,18,19). The minimum Gasteiger partial charge on any atom is -0.481 e. The molecule has 0 unspecified atom stereocenters. The van der Waals surface area contributed by atoms with Gasteiger partial charge in [0, 0.05) is 16.2 Å². The quantitative estimate of drug-likeness (QED) is 0.813. The van der Waals surface area contributed by atoms with E-state index in [1.807, 2.05) is 0 Å². The topological polar surface area (TPSA) is 66.4 Å². The summed E-state index contributed by atoms with van der Waals surface area (Å²) in [6.07, 6.45) is 4.82. The van der Waals surface area contributed by atoms with Gasteiger partial charge < -0.3 is 10.4 Å². The lowest BCUT2D eigenvalue weighted by atomic mass is 9.74. The zero-order chi connectivity index (χ0) is 14.6. The highest BCUT2D eigenvalue weighted by molar-refractivity contribution is 7.11. The van der Waals surface area contributed by atoms with Crippen molar-refractivity contribution >= 4 is 23.2 Å². The summed E-state index contributed by atoms with van der Waals surface area (Å²) in [4.78, 5) is 25.4. The predicted octanol–water partition coefficient (Wildman–Crippen LogP) is 2.89. The summed E-state index contributed by atoms with van der Waals surface area (Å²) in [5.41, 5.74) is -0.470. The van der Waals surface area contributed by atoms with Gasteiger partial charge in [-0.1, -0.05) is 0 Å². The van der Waals surface area contributed by atoms with Crippen LogP contribution in [-0.4, -0.2) is 22.5 Å². The Morgan fingerprint density at radius 1 is 1.40 bits per heavy atom. The van der Waals surface area contributed by atoms with Crippen LogP contribution in [0.2, 0.25) is 0 Å². The van der Waals surface area contributed by atoms with Crippen LogP contribution in [0.5, 0.6) is 0 Å². The molecule has 1 saturated carbocycles. The van der Waals surface area contributed by atoms with Gasteiger partial charge in [-0.2, -0.15) is 0 Å². The summed E-state index contributed by atoms with van der Waals surface area (Å²) in [6.45, 7) is 2.08. The molecule has 1 amide bonds. The fourth-order valence-corrected chi connectivity index (χ4v) is 3.57. The molecule has 0 aliphatic heterocycles. The second-order valence-electron chi connectivity index (χ2n) is 5.62. The minimum absolute atomic E-state index is 0.0146. The van der Waals surface area contributed by atoms with E-state index in [2.05, 4.69) is 24.4 Å². The van der Waals surface area contributed by atoms with E-state index in [0.29, 0.717) is 6.42 Å². The van der Waals surface area contributed by atoms with Gasteiger partial charge in [-0.05, 0) is 51.2 Å². The number of nitrogens with one attached hydrogen (secondary N) is 1. The third kappa shape index (κ3) is 4.07. The van der Waals surface area contributed by atoms with E-state index < -0.39 is 11.5 Å². The number of carboxylic acid groups (broad SMARTS) is 1. The predicted molar refractivity (Wildman–Crippen MR) is 79.0 cm³/mol. The molecule has 0 bridgehead atoms. The van der Waals surface area contributed by atoms with Crippen LogP contribution in [-0.2, 0) is 16.0 Å². The zero-order valence-electron chi connectivity index (χ0n) is 11.8. The SMILES string of the molecule is Cc1ccc(CCCC(=O)NC2(CC(=O)O)CCC2)s1. The van der Waals surface area contributed by atoms with E-state index >= 15 is 0 Å². The number of amides is 1. The molecule has 5 heteroatoms. The van der Waals surface area contributed by atoms with Crippen molar-refractivity contribution < 1.29 is 14.7 Å². The molecule has 0 saturated heterocycles. The smallest absolute Gasteiger partial charge is 0.305 e. The Bertz CT molecular complexity index is 491. The molecule has 2 rings (SSSR count). The van der Waals surface area contributed by atoms with Crippen LogP contribution in [0.4, 0.5) is 0 Å². The molecule has 20 heavy (non-hydrogen) atoms. The monoisotopic (exact) mass is 295 g/mol. The molecule has 2 N–H and O–H groups in total. The Labute approximate surface area is 123 Å². The first-order chi connectivity index (χ1) is 9.49. The van der Waals surface area contributed by atoms with Crippen LogP contribution in [0, 0.1) is 6.92 Å². The summed E-state index contributed by atoms with van der Waals surface area (Å²) in [5.74, 6) is -0.849. The van der Waals surface area contributed by atoms with Gasteiger partial charge >= 0.3 is 5.97 Å². The molecule has 4 nitrogen and oxygen atoms in total. The summed E-state index contributed by atoms with van der Waals surface area (Å²) < 4.78 is 0. The lowest BCUT2D eigenvalue weighted by Gasteiger charge is -2.41. The largest absolute Gasteiger partial charge is 0.481 e. The number of aryl methyl sites for hydroxylation is 2. The van der Waals surface area contributed by atoms with E-state index in [9.17, 15) is 9.59 Å². The summed E-state index contributed by atoms with van der Waals surface area (Å²) in [5, 5.41) is 11.8. The molecule has 1 aliphatic rings. The third-order valence-electron chi connectivity index (χ3n) is 3.83. The summed E-state index contributed by atoms with van der Waals surface area (Å²) in [6, 6.07) is 4.20. The highest BCUT2D eigenvalue weighted by atomic mass is 32.1. The number of rotatable bonds is 7. The van der Waals surface area contributed by atoms with Crippen molar-refractivity contribution in [1.29, 1.82) is 0 Å². The Hall–Kier alpha value is -1.36. The van der Waals surface area contributed by atoms with Gasteiger partial charge in [0.1, 0.15) is 0 Å². The van der Waals surface area contributed by atoms with Gasteiger partial charge in [0.15, 0.2) is 0 Å². The number of carbonyl (C=O) groups is 2. The van der Waals surface area contributed by atoms with Crippen molar-refractivity contribution in [2.45, 2.75) is 57.4 Å². The van der Waals surface area contributed by atoms with Crippen molar-refractivity contribution in [2.24, 2.45) is 0 Å². The number of hydrogen-bond donors (Lipinski definition) is 2. The number of carbonyl (C=O) groups excluding carboxylic acids is 1. The van der Waals surface area contributed by atoms with Crippen LogP contribution >= 0.6 is 11.3 Å². The van der Waals surface area contributed by atoms with Gasteiger partial charge in [-0.3, -0.25) is 9.59 Å². The first-order valence-corrected chi connectivity index (χ1v) is 7.89. The molecule has 1 heterocycles. The molecule has 0 spiro atoms. The number of carboxylic acids is 1. The van der Waals surface area contributed by atoms with Crippen molar-refractivity contribution in [3.8, 4) is 0 Å². The maximum Gasteiger partial charge on any atom is 0.305 e. The molecule has 0 radical (unpaired) electrons. The highest BCUT2D eigenvalue weighted by Gasteiger charge is 2.40. The molecular weight excluding hydrogens is 274 g/mol. The van der Waals surface area contributed by atoms with Gasteiger partial charge in [-0.15, -0.1) is 11.3 Å². The molecular formula is C15H21NO3S. The Kier molecular flexibility index (Phi) is 4.81. The van der Waals surface area contributed by atoms with E-state index in [1.165, 1.54) is 9.75 Å². The van der Waals surface area contributed by atoms with E-state index in [-0.39, 0.29) is 12.3 Å². The molecule has 1 aromatic heterocycles. The molecule has 0 atom stereocenters. The number of thiophene rings is 1. The molecule has 0 aromatic carbocycles. The lowest BCUT2D eigenvalue weighted by molar-refractivity contribution is -0.140. The van der Waals surface area contributed by atoms with Crippen molar-refractivity contribution in [2.75, 3.05) is 0 Å². The van der Waals surface area contributed by atoms with Gasteiger partial charge in [0.2, 0.25) is 5.91 Å². The van der Waals surface area contributed by atoms with Gasteiger partial charge in [0.05, 0.1) is 12.0 Å². The average molecular weight is 295 g/mol. The van der Waals surface area contributed by atoms with Crippen LogP contribution < -0.4 is 5.32 Å². The van der Waals surface area contributed by atoms with E-state index in [0.717, 1.165) is 32.1 Å². The molecule has 1 aromatic rings. The maximum absolute atomic E-state index is 11.9. The highest BCUT2D eigenvalue weighted by Crippen LogP contribution is 2.35. The van der Waals surface area contributed by atoms with E-state index in [4.69, 9.17) is 5.11 Å². The molecule has 110 valence electrons. The second-order valence-corrected chi connectivity index (χ2v) is 6.99. The lowest BCUT2D eigenvalue weighted by Crippen LogP contribution is -2.54. The fourth-order valence-electron chi connectivity index (χ4n) is 2.64. The van der Waals surface area contributed by atoms with E-state index in [1.54, 1.807) is 11.3 Å². The fraction of sp³-hybridized carbons (Fsp3) is 0.600. The average Bonchev–Trinajstić information content (AvgIpc) is 2.71. The third-order valence-corrected chi connectivity index (χ3v) is 4.89. The first-order valence-electron chi connectivity index (χ1n) is 7.07. The van der Waals surface area contributed by atoms with Crippen LogP contribution in [0.25, 0.3) is 0 Å². The first kappa shape index (κ1) is 15.0. The normalized spacial score (nSPS) is 16.4. The van der Waals surface area contributed by atoms with Crippen molar-refractivity contribution in [1.82, 2.24) is 5.32 Å². The number of aliphatic carboxylic acids is 1. The molecule has 1 fully saturated rings. The Morgan fingerprint density at radius 3 is 2.65 bits per heavy atom. The second kappa shape index (κ2) is 6.39. The maximum atomic E-state index is 11.9. The van der Waals surface area contributed by atoms with Gasteiger partial charge in [0.25, 0.3) is 0 Å². The van der Waals surface area contributed by atoms with Gasteiger partial charge in [-0.25, -0.2) is 0 Å². The van der Waals surface area contributed by atoms with Crippen LogP contribution in [0.3, 0.4) is 0 Å².